The lowest BCUT2D eigenvalue weighted by Crippen LogP contribution is -2.46. The molecule has 1 fully saturated rings. The van der Waals surface area contributed by atoms with Crippen molar-refractivity contribution >= 4 is 21.4 Å². The Labute approximate surface area is 190 Å². The molecule has 4 rings (SSSR count). The van der Waals surface area contributed by atoms with Crippen LogP contribution in [0.3, 0.4) is 0 Å². The van der Waals surface area contributed by atoms with Crippen LogP contribution < -0.4 is 0 Å². The smallest absolute Gasteiger partial charge is 0.0859 e. The average Bonchev–Trinajstić information content (AvgIpc) is 3.23. The number of fused-ring (bicyclic) bond motifs is 1. The first-order valence-electron chi connectivity index (χ1n) is 11.5. The zero-order chi connectivity index (χ0) is 21.7. The van der Waals surface area contributed by atoms with Gasteiger partial charge in [-0.2, -0.15) is 5.26 Å². The van der Waals surface area contributed by atoms with Gasteiger partial charge in [-0.15, -0.1) is 11.3 Å². The normalized spacial score (nSPS) is 17.6. The fourth-order valence-electron chi connectivity index (χ4n) is 4.90. The first kappa shape index (κ1) is 22.0. The third kappa shape index (κ3) is 4.85. The highest BCUT2D eigenvalue weighted by Gasteiger charge is 2.37. The van der Waals surface area contributed by atoms with Crippen molar-refractivity contribution in [2.75, 3.05) is 32.7 Å². The molecule has 4 heteroatoms. The largest absolute Gasteiger partial charge is 0.301 e. The Bertz CT molecular complexity index is 1010. The Morgan fingerprint density at radius 2 is 1.65 bits per heavy atom. The predicted molar refractivity (Wildman–Crippen MR) is 131 cm³/mol. The fourth-order valence-corrected chi connectivity index (χ4v) is 5.94. The van der Waals surface area contributed by atoms with Gasteiger partial charge in [-0.3, -0.25) is 4.90 Å². The van der Waals surface area contributed by atoms with E-state index in [1.807, 2.05) is 0 Å². The summed E-state index contributed by atoms with van der Waals surface area (Å²) in [5, 5.41) is 13.8. The Hall–Kier alpha value is -2.19. The molecule has 1 aliphatic rings. The third-order valence-corrected chi connectivity index (χ3v) is 7.87. The summed E-state index contributed by atoms with van der Waals surface area (Å²) in [5.41, 5.74) is 2.22. The Kier molecular flexibility index (Phi) is 7.07. The van der Waals surface area contributed by atoms with E-state index >= 15 is 0 Å². The van der Waals surface area contributed by atoms with E-state index in [2.05, 4.69) is 89.7 Å². The van der Waals surface area contributed by atoms with Crippen molar-refractivity contribution in [2.45, 2.75) is 38.6 Å². The molecule has 0 N–H and O–H groups in total. The highest BCUT2D eigenvalue weighted by molar-refractivity contribution is 7.17. The van der Waals surface area contributed by atoms with Crippen LogP contribution in [0.25, 0.3) is 10.1 Å². The molecular formula is C27H33N3S. The van der Waals surface area contributed by atoms with Crippen molar-refractivity contribution in [1.29, 1.82) is 5.26 Å². The second-order valence-corrected chi connectivity index (χ2v) is 10.0. The molecule has 1 atom stereocenters. The summed E-state index contributed by atoms with van der Waals surface area (Å²) in [4.78, 5) is 5.13. The molecule has 1 aromatic heterocycles. The first-order valence-corrected chi connectivity index (χ1v) is 12.4. The molecule has 0 radical (unpaired) electrons. The highest BCUT2D eigenvalue weighted by Crippen LogP contribution is 2.42. The molecule has 0 spiro atoms. The van der Waals surface area contributed by atoms with Crippen LogP contribution in [0.1, 0.15) is 37.8 Å². The van der Waals surface area contributed by atoms with Crippen LogP contribution >= 0.6 is 11.3 Å². The number of rotatable bonds is 8. The van der Waals surface area contributed by atoms with Gasteiger partial charge in [0.1, 0.15) is 0 Å². The standard InChI is InChI=1S/C27H33N3S/c1-22(2)27(21-28,25-20-31-26-12-7-6-11-24(25)26)13-8-14-29-15-17-30(18-16-29)19-23-9-4-3-5-10-23/h3-7,9-12,20,22H,8,13-19H2,1-2H3. The average molecular weight is 432 g/mol. The van der Waals surface area contributed by atoms with Gasteiger partial charge in [0.2, 0.25) is 0 Å². The summed E-state index contributed by atoms with van der Waals surface area (Å²) >= 11 is 1.77. The number of piperazine rings is 1. The van der Waals surface area contributed by atoms with Gasteiger partial charge >= 0.3 is 0 Å². The highest BCUT2D eigenvalue weighted by atomic mass is 32.1. The number of nitrogens with zero attached hydrogens (tertiary/aromatic N) is 3. The van der Waals surface area contributed by atoms with Crippen LogP contribution in [0.15, 0.2) is 60.0 Å². The second-order valence-electron chi connectivity index (χ2n) is 9.09. The van der Waals surface area contributed by atoms with Gasteiger partial charge in [-0.1, -0.05) is 62.4 Å². The lowest BCUT2D eigenvalue weighted by molar-refractivity contribution is 0.123. The van der Waals surface area contributed by atoms with E-state index in [0.29, 0.717) is 5.92 Å². The molecule has 0 bridgehead atoms. The molecule has 2 aromatic carbocycles. The lowest BCUT2D eigenvalue weighted by atomic mass is 9.70. The third-order valence-electron chi connectivity index (χ3n) is 6.91. The van der Waals surface area contributed by atoms with Crippen molar-refractivity contribution in [3.05, 3.63) is 71.1 Å². The lowest BCUT2D eigenvalue weighted by Gasteiger charge is -2.36. The maximum atomic E-state index is 10.3. The van der Waals surface area contributed by atoms with Crippen LogP contribution in [-0.2, 0) is 12.0 Å². The van der Waals surface area contributed by atoms with E-state index in [0.717, 1.165) is 52.1 Å². The molecule has 3 aromatic rings. The van der Waals surface area contributed by atoms with Crippen molar-refractivity contribution in [2.24, 2.45) is 5.92 Å². The topological polar surface area (TPSA) is 30.3 Å². The number of hydrogen-bond acceptors (Lipinski definition) is 4. The molecule has 2 heterocycles. The molecule has 0 amide bonds. The van der Waals surface area contributed by atoms with Crippen LogP contribution in [0.5, 0.6) is 0 Å². The van der Waals surface area contributed by atoms with Crippen molar-refractivity contribution in [3.63, 3.8) is 0 Å². The molecule has 0 saturated carbocycles. The van der Waals surface area contributed by atoms with Gasteiger partial charge in [0, 0.05) is 37.4 Å². The molecule has 3 nitrogen and oxygen atoms in total. The van der Waals surface area contributed by atoms with Gasteiger partial charge in [0.15, 0.2) is 0 Å². The minimum Gasteiger partial charge on any atom is -0.301 e. The number of benzene rings is 2. The Morgan fingerprint density at radius 3 is 2.35 bits per heavy atom. The predicted octanol–water partition coefficient (Wildman–Crippen LogP) is 5.92. The summed E-state index contributed by atoms with van der Waals surface area (Å²) in [6.07, 6.45) is 1.99. The molecule has 1 unspecified atom stereocenters. The first-order chi connectivity index (χ1) is 15.1. The van der Waals surface area contributed by atoms with Gasteiger partial charge in [0.25, 0.3) is 0 Å². The minimum absolute atomic E-state index is 0.290. The van der Waals surface area contributed by atoms with Crippen LogP contribution in [0.4, 0.5) is 0 Å². The van der Waals surface area contributed by atoms with Crippen molar-refractivity contribution in [3.8, 4) is 6.07 Å². The van der Waals surface area contributed by atoms with Crippen molar-refractivity contribution in [1.82, 2.24) is 9.80 Å². The minimum atomic E-state index is -0.408. The maximum absolute atomic E-state index is 10.3. The fraction of sp³-hybridized carbons (Fsp3) is 0.444. The van der Waals surface area contributed by atoms with Crippen molar-refractivity contribution < 1.29 is 0 Å². The SMILES string of the molecule is CC(C)C(C#N)(CCCN1CCN(Cc2ccccc2)CC1)c1csc2ccccc12. The van der Waals surface area contributed by atoms with E-state index in [1.165, 1.54) is 21.2 Å². The summed E-state index contributed by atoms with van der Waals surface area (Å²) in [6.45, 7) is 11.0. The summed E-state index contributed by atoms with van der Waals surface area (Å²) in [6, 6.07) is 22.1. The molecule has 31 heavy (non-hydrogen) atoms. The summed E-state index contributed by atoms with van der Waals surface area (Å²) < 4.78 is 1.28. The molecular weight excluding hydrogens is 398 g/mol. The zero-order valence-corrected chi connectivity index (χ0v) is 19.6. The number of nitriles is 1. The van der Waals surface area contributed by atoms with Crippen LogP contribution in [0, 0.1) is 17.2 Å². The van der Waals surface area contributed by atoms with E-state index in [-0.39, 0.29) is 0 Å². The zero-order valence-electron chi connectivity index (χ0n) is 18.8. The van der Waals surface area contributed by atoms with Gasteiger partial charge in [0.05, 0.1) is 11.5 Å². The van der Waals surface area contributed by atoms with E-state index in [4.69, 9.17) is 0 Å². The Morgan fingerprint density at radius 1 is 0.968 bits per heavy atom. The summed E-state index contributed by atoms with van der Waals surface area (Å²) in [7, 11) is 0. The number of thiophene rings is 1. The van der Waals surface area contributed by atoms with Gasteiger partial charge < -0.3 is 4.90 Å². The monoisotopic (exact) mass is 431 g/mol. The second kappa shape index (κ2) is 9.96. The van der Waals surface area contributed by atoms with Gasteiger partial charge in [-0.25, -0.2) is 0 Å². The van der Waals surface area contributed by atoms with E-state index in [9.17, 15) is 5.26 Å². The molecule has 0 aliphatic carbocycles. The molecule has 1 saturated heterocycles. The summed E-state index contributed by atoms with van der Waals surface area (Å²) in [5.74, 6) is 0.290. The van der Waals surface area contributed by atoms with Crippen LogP contribution in [-0.4, -0.2) is 42.5 Å². The van der Waals surface area contributed by atoms with E-state index in [1.54, 1.807) is 11.3 Å². The molecule has 162 valence electrons. The van der Waals surface area contributed by atoms with Gasteiger partial charge in [-0.05, 0) is 53.3 Å². The van der Waals surface area contributed by atoms with E-state index < -0.39 is 5.41 Å². The maximum Gasteiger partial charge on any atom is 0.0859 e. The Balaban J connectivity index is 1.35. The number of hydrogen-bond donors (Lipinski definition) is 0. The molecule has 1 aliphatic heterocycles. The quantitative estimate of drug-likeness (QED) is 0.444. The van der Waals surface area contributed by atoms with Crippen LogP contribution in [0.2, 0.25) is 0 Å².